The van der Waals surface area contributed by atoms with Gasteiger partial charge in [-0.3, -0.25) is 9.59 Å². The molecule has 5 rings (SSSR count). The number of ether oxygens (including phenoxy) is 1. The van der Waals surface area contributed by atoms with Gasteiger partial charge in [0.15, 0.2) is 5.65 Å². The van der Waals surface area contributed by atoms with Crippen molar-refractivity contribution in [3.8, 4) is 0 Å². The molecule has 2 aliphatic rings. The predicted molar refractivity (Wildman–Crippen MR) is 144 cm³/mol. The topological polar surface area (TPSA) is 124 Å². The fourth-order valence-corrected chi connectivity index (χ4v) is 5.96. The summed E-state index contributed by atoms with van der Waals surface area (Å²) < 4.78 is 13.9. The van der Waals surface area contributed by atoms with Gasteiger partial charge in [-0.2, -0.15) is 9.61 Å². The van der Waals surface area contributed by atoms with Crippen molar-refractivity contribution in [2.45, 2.75) is 62.0 Å². The quantitative estimate of drug-likeness (QED) is 0.359. The van der Waals surface area contributed by atoms with Crippen LogP contribution in [0.4, 0.5) is 17.3 Å². The van der Waals surface area contributed by atoms with Crippen LogP contribution in [0.15, 0.2) is 35.4 Å². The first-order chi connectivity index (χ1) is 18.0. The number of rotatable bonds is 9. The molecule has 0 radical (unpaired) electrons. The van der Waals surface area contributed by atoms with E-state index in [0.29, 0.717) is 33.8 Å². The molecule has 0 spiro atoms. The molecular weight excluding hydrogens is 494 g/mol. The smallest absolute Gasteiger partial charge is 0.274 e. The molecule has 3 heterocycles. The number of aromatic nitrogens is 4. The minimum atomic E-state index is -0.213. The van der Waals surface area contributed by atoms with E-state index in [-0.39, 0.29) is 29.7 Å². The second kappa shape index (κ2) is 11.1. The van der Waals surface area contributed by atoms with E-state index in [2.05, 4.69) is 26.0 Å². The molecule has 1 unspecified atom stereocenters. The molecule has 1 amide bonds. The molecule has 0 bridgehead atoms. The summed E-state index contributed by atoms with van der Waals surface area (Å²) >= 11 is 1.47. The van der Waals surface area contributed by atoms with E-state index in [4.69, 9.17) is 8.92 Å². The summed E-state index contributed by atoms with van der Waals surface area (Å²) in [5.74, 6) is 0.868. The van der Waals surface area contributed by atoms with Gasteiger partial charge in [-0.15, -0.1) is 0 Å². The average molecular weight is 528 g/mol. The number of fused-ring (bicyclic) bond motifs is 1. The van der Waals surface area contributed by atoms with Gasteiger partial charge in [0.05, 0.1) is 19.4 Å². The van der Waals surface area contributed by atoms with Crippen LogP contribution in [0, 0.1) is 0 Å². The van der Waals surface area contributed by atoms with Gasteiger partial charge in [-0.25, -0.2) is 4.98 Å². The number of methoxy groups -OCH3 is 1. The SMILES string of the molecule is CNc1cc(Nc2cccn([C@H]3C[C@@H](OC)C3)c2=O)nc2c(C(=O)N[C@@H]3CCCC(SOC)C3)cnn12. The summed E-state index contributed by atoms with van der Waals surface area (Å²) in [6.45, 7) is 0. The molecule has 37 heavy (non-hydrogen) atoms. The van der Waals surface area contributed by atoms with Gasteiger partial charge in [0.1, 0.15) is 22.9 Å². The van der Waals surface area contributed by atoms with Gasteiger partial charge in [0.25, 0.3) is 11.5 Å². The van der Waals surface area contributed by atoms with Crippen molar-refractivity contribution in [2.24, 2.45) is 0 Å². The molecule has 3 aromatic heterocycles. The molecular formula is C25H33N7O4S. The zero-order valence-corrected chi connectivity index (χ0v) is 22.1. The van der Waals surface area contributed by atoms with Crippen LogP contribution in [0.5, 0.6) is 0 Å². The van der Waals surface area contributed by atoms with E-state index < -0.39 is 0 Å². The number of nitrogens with one attached hydrogen (secondary N) is 3. The second-order valence-corrected chi connectivity index (χ2v) is 10.7. The Bertz CT molecular complexity index is 1320. The Labute approximate surface area is 219 Å². The molecule has 198 valence electrons. The fourth-order valence-electron chi connectivity index (χ4n) is 5.12. The highest BCUT2D eigenvalue weighted by atomic mass is 32.2. The lowest BCUT2D eigenvalue weighted by Gasteiger charge is -2.35. The van der Waals surface area contributed by atoms with Gasteiger partial charge >= 0.3 is 0 Å². The number of carbonyl (C=O) groups excluding carboxylic acids is 1. The Hall–Kier alpha value is -3.09. The largest absolute Gasteiger partial charge is 0.381 e. The summed E-state index contributed by atoms with van der Waals surface area (Å²) in [5, 5.41) is 14.2. The first kappa shape index (κ1) is 25.6. The normalized spacial score (nSPS) is 23.4. The van der Waals surface area contributed by atoms with Gasteiger partial charge in [-0.1, -0.05) is 6.42 Å². The summed E-state index contributed by atoms with van der Waals surface area (Å²) in [4.78, 5) is 31.1. The highest BCUT2D eigenvalue weighted by molar-refractivity contribution is 7.95. The molecule has 2 saturated carbocycles. The Kier molecular flexibility index (Phi) is 7.68. The van der Waals surface area contributed by atoms with Gasteiger partial charge in [0.2, 0.25) is 0 Å². The second-order valence-electron chi connectivity index (χ2n) is 9.53. The summed E-state index contributed by atoms with van der Waals surface area (Å²) in [5.41, 5.74) is 1.08. The maximum atomic E-state index is 13.2. The van der Waals surface area contributed by atoms with E-state index in [1.807, 2.05) is 6.07 Å². The number of hydrogen-bond donors (Lipinski definition) is 3. The zero-order chi connectivity index (χ0) is 25.9. The molecule has 0 aromatic carbocycles. The Morgan fingerprint density at radius 2 is 2.05 bits per heavy atom. The van der Waals surface area contributed by atoms with Crippen molar-refractivity contribution in [3.63, 3.8) is 0 Å². The molecule has 2 atom stereocenters. The highest BCUT2D eigenvalue weighted by Gasteiger charge is 2.31. The lowest BCUT2D eigenvalue weighted by atomic mass is 9.89. The molecule has 2 aliphatic carbocycles. The van der Waals surface area contributed by atoms with E-state index in [1.54, 1.807) is 48.7 Å². The third-order valence-corrected chi connectivity index (χ3v) is 8.09. The minimum absolute atomic E-state index is 0.0703. The van der Waals surface area contributed by atoms with Crippen molar-refractivity contribution < 1.29 is 13.7 Å². The third-order valence-electron chi connectivity index (χ3n) is 7.20. The molecule has 11 nitrogen and oxygen atoms in total. The van der Waals surface area contributed by atoms with E-state index in [0.717, 1.165) is 38.5 Å². The Balaban J connectivity index is 1.38. The number of nitrogens with zero attached hydrogens (tertiary/aromatic N) is 4. The van der Waals surface area contributed by atoms with Gasteiger partial charge < -0.3 is 29.4 Å². The molecule has 3 N–H and O–H groups in total. The van der Waals surface area contributed by atoms with Crippen molar-refractivity contribution in [2.75, 3.05) is 31.9 Å². The van der Waals surface area contributed by atoms with Crippen LogP contribution in [-0.4, -0.2) is 63.7 Å². The highest BCUT2D eigenvalue weighted by Crippen LogP contribution is 2.33. The predicted octanol–water partition coefficient (Wildman–Crippen LogP) is 3.36. The summed E-state index contributed by atoms with van der Waals surface area (Å²) in [6, 6.07) is 5.53. The number of carbonyl (C=O) groups is 1. The number of hydrogen-bond acceptors (Lipinski definition) is 9. The first-order valence-electron chi connectivity index (χ1n) is 12.6. The number of amides is 1. The molecule has 0 aliphatic heterocycles. The Morgan fingerprint density at radius 1 is 1.22 bits per heavy atom. The average Bonchev–Trinajstić information content (AvgIpc) is 3.30. The fraction of sp³-hybridized carbons (Fsp3) is 0.520. The molecule has 0 saturated heterocycles. The van der Waals surface area contributed by atoms with Crippen LogP contribution < -0.4 is 21.5 Å². The van der Waals surface area contributed by atoms with Crippen LogP contribution >= 0.6 is 12.0 Å². The lowest BCUT2D eigenvalue weighted by molar-refractivity contribution is 0.00522. The van der Waals surface area contributed by atoms with Crippen LogP contribution in [0.1, 0.15) is 54.9 Å². The maximum Gasteiger partial charge on any atom is 0.274 e. The van der Waals surface area contributed by atoms with Crippen molar-refractivity contribution >= 4 is 40.9 Å². The lowest BCUT2D eigenvalue weighted by Crippen LogP contribution is -2.39. The zero-order valence-electron chi connectivity index (χ0n) is 21.3. The van der Waals surface area contributed by atoms with E-state index in [9.17, 15) is 9.59 Å². The van der Waals surface area contributed by atoms with Crippen molar-refractivity contribution in [3.05, 3.63) is 46.5 Å². The van der Waals surface area contributed by atoms with Crippen LogP contribution in [-0.2, 0) is 8.92 Å². The van der Waals surface area contributed by atoms with Crippen LogP contribution in [0.3, 0.4) is 0 Å². The van der Waals surface area contributed by atoms with E-state index in [1.165, 1.54) is 18.2 Å². The van der Waals surface area contributed by atoms with Crippen molar-refractivity contribution in [1.29, 1.82) is 0 Å². The maximum absolute atomic E-state index is 13.2. The van der Waals surface area contributed by atoms with Crippen LogP contribution in [0.25, 0.3) is 5.65 Å². The molecule has 2 fully saturated rings. The number of anilines is 3. The third kappa shape index (κ3) is 5.32. The molecule has 12 heteroatoms. The van der Waals surface area contributed by atoms with Gasteiger partial charge in [-0.05, 0) is 56.3 Å². The summed E-state index contributed by atoms with van der Waals surface area (Å²) in [6.07, 6.45) is 9.07. The monoisotopic (exact) mass is 527 g/mol. The standard InChI is InChI=1S/C25H33N7O4S/c1-26-22-13-21(29-20-8-5-9-31(25(20)34)16-11-17(12-16)35-2)30-23-19(14-27-32(22)23)24(33)28-15-6-4-7-18(10-15)37-36-3/h5,8-9,13-18,26H,4,6-7,10-12H2,1-3H3,(H,28,33)(H,29,30)/t15-,16-,17+,18?/m1/s1. The number of pyridine rings is 1. The summed E-state index contributed by atoms with van der Waals surface area (Å²) in [7, 11) is 5.14. The van der Waals surface area contributed by atoms with E-state index >= 15 is 0 Å². The van der Waals surface area contributed by atoms with Crippen LogP contribution in [0.2, 0.25) is 0 Å². The Morgan fingerprint density at radius 3 is 2.81 bits per heavy atom. The molecule has 3 aromatic rings. The minimum Gasteiger partial charge on any atom is -0.381 e. The first-order valence-corrected chi connectivity index (χ1v) is 13.4. The van der Waals surface area contributed by atoms with Gasteiger partial charge in [0, 0.05) is 43.8 Å². The van der Waals surface area contributed by atoms with Crippen molar-refractivity contribution in [1.82, 2.24) is 24.5 Å².